The van der Waals surface area contributed by atoms with Gasteiger partial charge < -0.3 is 14.2 Å². The number of ether oxygens (including phenoxy) is 1. The van der Waals surface area contributed by atoms with Gasteiger partial charge in [-0.1, -0.05) is 42.6 Å². The van der Waals surface area contributed by atoms with Gasteiger partial charge in [-0.05, 0) is 51.0 Å². The van der Waals surface area contributed by atoms with Crippen LogP contribution in [0.25, 0.3) is 0 Å². The molecular formula is C21H29ClN4O2S. The molecule has 8 heteroatoms. The number of benzene rings is 1. The van der Waals surface area contributed by atoms with Gasteiger partial charge in [-0.25, -0.2) is 0 Å². The first kappa shape index (κ1) is 22.0. The molecule has 158 valence electrons. The predicted octanol–water partition coefficient (Wildman–Crippen LogP) is 4.76. The molecule has 6 nitrogen and oxygen atoms in total. The predicted molar refractivity (Wildman–Crippen MR) is 117 cm³/mol. The van der Waals surface area contributed by atoms with Crippen LogP contribution in [0.3, 0.4) is 0 Å². The highest BCUT2D eigenvalue weighted by Gasteiger charge is 2.25. The summed E-state index contributed by atoms with van der Waals surface area (Å²) >= 11 is 7.37. The van der Waals surface area contributed by atoms with Crippen LogP contribution in [0.15, 0.2) is 29.4 Å². The van der Waals surface area contributed by atoms with Gasteiger partial charge in [0.1, 0.15) is 18.2 Å². The van der Waals surface area contributed by atoms with Crippen LogP contribution in [0.5, 0.6) is 5.75 Å². The molecular weight excluding hydrogens is 408 g/mol. The maximum atomic E-state index is 12.8. The van der Waals surface area contributed by atoms with E-state index in [0.29, 0.717) is 24.2 Å². The van der Waals surface area contributed by atoms with Crippen LogP contribution in [0.4, 0.5) is 0 Å². The molecule has 2 aromatic rings. The molecule has 0 aliphatic heterocycles. The third-order valence-corrected chi connectivity index (χ3v) is 6.59. The summed E-state index contributed by atoms with van der Waals surface area (Å²) in [4.78, 5) is 14.5. The Morgan fingerprint density at radius 2 is 1.97 bits per heavy atom. The highest BCUT2D eigenvalue weighted by Crippen LogP contribution is 2.33. The van der Waals surface area contributed by atoms with Crippen LogP contribution in [0, 0.1) is 6.92 Å². The maximum absolute atomic E-state index is 12.8. The number of nitrogens with zero attached hydrogens (tertiary/aromatic N) is 4. The summed E-state index contributed by atoms with van der Waals surface area (Å²) in [5.41, 5.74) is 0. The molecule has 29 heavy (non-hydrogen) atoms. The Morgan fingerprint density at radius 3 is 2.66 bits per heavy atom. The monoisotopic (exact) mass is 436 g/mol. The minimum atomic E-state index is -0.235. The van der Waals surface area contributed by atoms with Crippen LogP contribution in [-0.2, 0) is 4.79 Å². The van der Waals surface area contributed by atoms with E-state index in [1.807, 2.05) is 33.0 Å². The summed E-state index contributed by atoms with van der Waals surface area (Å²) in [6.07, 6.45) is 6.12. The standard InChI is InChI=1S/C21H29ClN4O2S/c1-15(20(27)25(3)13-14-28-19-11-9-17(22)10-12-19)29-21-24-23-16(2)26(21)18-7-5-4-6-8-18/h9-12,15,18H,4-8,13-14H2,1-3H3. The molecule has 1 amide bonds. The van der Waals surface area contributed by atoms with Crippen molar-refractivity contribution in [1.82, 2.24) is 19.7 Å². The SMILES string of the molecule is Cc1nnc(SC(C)C(=O)N(C)CCOc2ccc(Cl)cc2)n1C1CCCCC1. The molecule has 0 N–H and O–H groups in total. The average molecular weight is 437 g/mol. The normalized spacial score (nSPS) is 15.9. The minimum absolute atomic E-state index is 0.0607. The molecule has 0 bridgehead atoms. The number of hydrogen-bond donors (Lipinski definition) is 0. The zero-order valence-corrected chi connectivity index (χ0v) is 18.9. The zero-order chi connectivity index (χ0) is 20.8. The van der Waals surface area contributed by atoms with Crippen molar-refractivity contribution in [2.75, 3.05) is 20.2 Å². The number of rotatable bonds is 8. The second-order valence-electron chi connectivity index (χ2n) is 7.51. The van der Waals surface area contributed by atoms with E-state index in [9.17, 15) is 4.79 Å². The smallest absolute Gasteiger partial charge is 0.235 e. The van der Waals surface area contributed by atoms with Gasteiger partial charge in [0, 0.05) is 18.1 Å². The lowest BCUT2D eigenvalue weighted by molar-refractivity contribution is -0.129. The van der Waals surface area contributed by atoms with E-state index in [-0.39, 0.29) is 11.2 Å². The van der Waals surface area contributed by atoms with Gasteiger partial charge in [0.05, 0.1) is 11.8 Å². The Labute approximate surface area is 182 Å². The molecule has 1 unspecified atom stereocenters. The summed E-state index contributed by atoms with van der Waals surface area (Å²) in [6.45, 7) is 4.87. The van der Waals surface area contributed by atoms with Crippen LogP contribution in [0.2, 0.25) is 5.02 Å². The van der Waals surface area contributed by atoms with Crippen molar-refractivity contribution >= 4 is 29.3 Å². The van der Waals surface area contributed by atoms with Gasteiger partial charge in [-0.2, -0.15) is 0 Å². The van der Waals surface area contributed by atoms with E-state index >= 15 is 0 Å². The van der Waals surface area contributed by atoms with E-state index in [0.717, 1.165) is 29.6 Å². The largest absolute Gasteiger partial charge is 0.492 e. The molecule has 0 spiro atoms. The highest BCUT2D eigenvalue weighted by molar-refractivity contribution is 8.00. The maximum Gasteiger partial charge on any atom is 0.235 e. The molecule has 1 aromatic carbocycles. The van der Waals surface area contributed by atoms with Gasteiger partial charge >= 0.3 is 0 Å². The lowest BCUT2D eigenvalue weighted by Crippen LogP contribution is -2.36. The molecule has 1 saturated carbocycles. The van der Waals surface area contributed by atoms with Crippen LogP contribution >= 0.6 is 23.4 Å². The fraction of sp³-hybridized carbons (Fsp3) is 0.571. The summed E-state index contributed by atoms with van der Waals surface area (Å²) < 4.78 is 7.93. The van der Waals surface area contributed by atoms with Crippen molar-refractivity contribution in [1.29, 1.82) is 0 Å². The quantitative estimate of drug-likeness (QED) is 0.558. The summed E-state index contributed by atoms with van der Waals surface area (Å²) in [7, 11) is 1.81. The minimum Gasteiger partial charge on any atom is -0.492 e. The van der Waals surface area contributed by atoms with Crippen molar-refractivity contribution in [3.63, 3.8) is 0 Å². The fourth-order valence-corrected chi connectivity index (χ4v) is 4.86. The van der Waals surface area contributed by atoms with E-state index in [2.05, 4.69) is 14.8 Å². The van der Waals surface area contributed by atoms with E-state index in [1.165, 1.54) is 31.0 Å². The molecule has 3 rings (SSSR count). The first-order valence-corrected chi connectivity index (χ1v) is 11.4. The Kier molecular flexibility index (Phi) is 7.84. The molecule has 0 radical (unpaired) electrons. The number of likely N-dealkylation sites (N-methyl/N-ethyl adjacent to an activating group) is 1. The lowest BCUT2D eigenvalue weighted by atomic mass is 9.95. The van der Waals surface area contributed by atoms with Crippen LogP contribution < -0.4 is 4.74 Å². The van der Waals surface area contributed by atoms with Gasteiger partial charge in [0.25, 0.3) is 0 Å². The number of halogens is 1. The van der Waals surface area contributed by atoms with Crippen molar-refractivity contribution in [2.24, 2.45) is 0 Å². The highest BCUT2D eigenvalue weighted by atomic mass is 35.5. The third-order valence-electron chi connectivity index (χ3n) is 5.29. The number of amides is 1. The Bertz CT molecular complexity index is 806. The molecule has 1 atom stereocenters. The second-order valence-corrected chi connectivity index (χ2v) is 9.26. The summed E-state index contributed by atoms with van der Waals surface area (Å²) in [5, 5.41) is 9.91. The number of aromatic nitrogens is 3. The zero-order valence-electron chi connectivity index (χ0n) is 17.3. The molecule has 1 aliphatic carbocycles. The molecule has 1 heterocycles. The van der Waals surface area contributed by atoms with Crippen LogP contribution in [-0.4, -0.2) is 51.0 Å². The van der Waals surface area contributed by atoms with Crippen molar-refractivity contribution in [3.8, 4) is 5.75 Å². The first-order chi connectivity index (χ1) is 14.0. The van der Waals surface area contributed by atoms with E-state index in [4.69, 9.17) is 16.3 Å². The summed E-state index contributed by atoms with van der Waals surface area (Å²) in [5.74, 6) is 1.74. The Balaban J connectivity index is 1.52. The number of hydrogen-bond acceptors (Lipinski definition) is 5. The summed E-state index contributed by atoms with van der Waals surface area (Å²) in [6, 6.07) is 7.67. The third kappa shape index (κ3) is 5.89. The van der Waals surface area contributed by atoms with Crippen LogP contribution in [0.1, 0.15) is 50.9 Å². The number of thioether (sulfide) groups is 1. The van der Waals surface area contributed by atoms with E-state index < -0.39 is 0 Å². The second kappa shape index (κ2) is 10.3. The number of aryl methyl sites for hydroxylation is 1. The Hall–Kier alpha value is -1.73. The number of carbonyl (C=O) groups is 1. The molecule has 0 saturated heterocycles. The fourth-order valence-electron chi connectivity index (χ4n) is 3.65. The molecule has 1 aliphatic rings. The van der Waals surface area contributed by atoms with Crippen molar-refractivity contribution in [2.45, 2.75) is 62.4 Å². The molecule has 1 fully saturated rings. The topological polar surface area (TPSA) is 60.3 Å². The van der Waals surface area contributed by atoms with E-state index in [1.54, 1.807) is 17.0 Å². The first-order valence-electron chi connectivity index (χ1n) is 10.2. The van der Waals surface area contributed by atoms with Gasteiger partial charge in [0.2, 0.25) is 5.91 Å². The number of carbonyl (C=O) groups excluding carboxylic acids is 1. The van der Waals surface area contributed by atoms with Gasteiger partial charge in [0.15, 0.2) is 5.16 Å². The van der Waals surface area contributed by atoms with Gasteiger partial charge in [-0.15, -0.1) is 10.2 Å². The average Bonchev–Trinajstić information content (AvgIpc) is 3.09. The van der Waals surface area contributed by atoms with Crippen molar-refractivity contribution in [3.05, 3.63) is 35.1 Å². The van der Waals surface area contributed by atoms with Gasteiger partial charge in [-0.3, -0.25) is 4.79 Å². The Morgan fingerprint density at radius 1 is 1.28 bits per heavy atom. The molecule has 1 aromatic heterocycles. The lowest BCUT2D eigenvalue weighted by Gasteiger charge is -2.26. The van der Waals surface area contributed by atoms with Crippen molar-refractivity contribution < 1.29 is 9.53 Å².